The van der Waals surface area contributed by atoms with Gasteiger partial charge in [-0.15, -0.1) is 0 Å². The predicted octanol–water partition coefficient (Wildman–Crippen LogP) is 3.70. The van der Waals surface area contributed by atoms with E-state index in [9.17, 15) is 4.79 Å². The van der Waals surface area contributed by atoms with Gasteiger partial charge in [0, 0.05) is 29.9 Å². The molecular weight excluding hydrogens is 254 g/mol. The first-order valence-electron chi connectivity index (χ1n) is 7.26. The normalized spacial score (nSPS) is 25.6. The largest absolute Gasteiger partial charge is 0.348 e. The summed E-state index contributed by atoms with van der Waals surface area (Å²) in [5, 5.41) is 0. The van der Waals surface area contributed by atoms with Gasteiger partial charge >= 0.3 is 0 Å². The van der Waals surface area contributed by atoms with Gasteiger partial charge in [0.25, 0.3) is 0 Å². The van der Waals surface area contributed by atoms with E-state index in [1.165, 1.54) is 29.3 Å². The summed E-state index contributed by atoms with van der Waals surface area (Å²) in [4.78, 5) is 12.3. The zero-order chi connectivity index (χ0) is 13.6. The number of ketones is 1. The second-order valence-corrected chi connectivity index (χ2v) is 8.08. The Balaban J connectivity index is 1.94. The highest BCUT2D eigenvalue weighted by molar-refractivity contribution is 7.99. The molecule has 1 aromatic heterocycles. The van der Waals surface area contributed by atoms with Crippen LogP contribution < -0.4 is 0 Å². The van der Waals surface area contributed by atoms with E-state index in [4.69, 9.17) is 0 Å². The van der Waals surface area contributed by atoms with Crippen molar-refractivity contribution in [1.29, 1.82) is 0 Å². The quantitative estimate of drug-likeness (QED) is 0.822. The SMILES string of the molecule is Cc1cc2c(n1CC1CCSC1)CC(C)(C)CC2=O. The van der Waals surface area contributed by atoms with Crippen molar-refractivity contribution in [3.05, 3.63) is 23.0 Å². The molecule has 1 unspecified atom stereocenters. The molecule has 1 fully saturated rings. The fourth-order valence-corrected chi connectivity index (χ4v) is 4.72. The fraction of sp³-hybridized carbons (Fsp3) is 0.688. The first-order chi connectivity index (χ1) is 8.96. The number of carbonyl (C=O) groups is 1. The Labute approximate surface area is 120 Å². The van der Waals surface area contributed by atoms with Crippen LogP contribution in [-0.2, 0) is 13.0 Å². The average molecular weight is 277 g/mol. The van der Waals surface area contributed by atoms with Gasteiger partial charge in [0.1, 0.15) is 0 Å². The zero-order valence-corrected chi connectivity index (χ0v) is 13.0. The maximum Gasteiger partial charge on any atom is 0.165 e. The molecule has 1 atom stereocenters. The summed E-state index contributed by atoms with van der Waals surface area (Å²) in [5.74, 6) is 3.72. The molecular formula is C16H23NOS. The van der Waals surface area contributed by atoms with Crippen LogP contribution in [0.4, 0.5) is 0 Å². The fourth-order valence-electron chi connectivity index (χ4n) is 3.45. The molecule has 104 valence electrons. The van der Waals surface area contributed by atoms with Crippen molar-refractivity contribution < 1.29 is 4.79 Å². The number of nitrogens with zero attached hydrogens (tertiary/aromatic N) is 1. The van der Waals surface area contributed by atoms with Gasteiger partial charge in [-0.3, -0.25) is 4.79 Å². The lowest BCUT2D eigenvalue weighted by atomic mass is 9.76. The molecule has 0 aromatic carbocycles. The van der Waals surface area contributed by atoms with Crippen LogP contribution in [0.3, 0.4) is 0 Å². The Bertz CT molecular complexity index is 509. The van der Waals surface area contributed by atoms with Crippen LogP contribution in [0.1, 0.15) is 48.4 Å². The van der Waals surface area contributed by atoms with Gasteiger partial charge in [0.15, 0.2) is 5.78 Å². The van der Waals surface area contributed by atoms with E-state index in [1.807, 2.05) is 0 Å². The number of rotatable bonds is 2. The number of hydrogen-bond donors (Lipinski definition) is 0. The average Bonchev–Trinajstić information content (AvgIpc) is 2.90. The van der Waals surface area contributed by atoms with Crippen LogP contribution in [-0.4, -0.2) is 21.9 Å². The summed E-state index contributed by atoms with van der Waals surface area (Å²) < 4.78 is 2.44. The topological polar surface area (TPSA) is 22.0 Å². The highest BCUT2D eigenvalue weighted by atomic mass is 32.2. The van der Waals surface area contributed by atoms with Crippen LogP contribution in [0.25, 0.3) is 0 Å². The summed E-state index contributed by atoms with van der Waals surface area (Å²) in [6.45, 7) is 7.69. The molecule has 0 bridgehead atoms. The maximum atomic E-state index is 12.3. The van der Waals surface area contributed by atoms with Gasteiger partial charge < -0.3 is 4.57 Å². The zero-order valence-electron chi connectivity index (χ0n) is 12.2. The van der Waals surface area contributed by atoms with Crippen LogP contribution in [0, 0.1) is 18.3 Å². The van der Waals surface area contributed by atoms with Crippen molar-refractivity contribution in [3.63, 3.8) is 0 Å². The molecule has 0 amide bonds. The van der Waals surface area contributed by atoms with Crippen LogP contribution >= 0.6 is 11.8 Å². The highest BCUT2D eigenvalue weighted by Crippen LogP contribution is 2.37. The van der Waals surface area contributed by atoms with Gasteiger partial charge in [0.2, 0.25) is 0 Å². The van der Waals surface area contributed by atoms with Crippen LogP contribution in [0.2, 0.25) is 0 Å². The first kappa shape index (κ1) is 13.3. The van der Waals surface area contributed by atoms with E-state index in [0.29, 0.717) is 12.2 Å². The number of carbonyl (C=O) groups excluding carboxylic acids is 1. The molecule has 0 spiro atoms. The Morgan fingerprint density at radius 1 is 1.42 bits per heavy atom. The van der Waals surface area contributed by atoms with Crippen molar-refractivity contribution in [2.24, 2.45) is 11.3 Å². The standard InChI is InChI=1S/C16H23NOS/c1-11-6-13-14(7-16(2,3)8-15(13)18)17(11)9-12-4-5-19-10-12/h6,12H,4-5,7-10H2,1-3H3. The lowest BCUT2D eigenvalue weighted by Crippen LogP contribution is -2.28. The van der Waals surface area contributed by atoms with E-state index in [-0.39, 0.29) is 5.41 Å². The molecule has 0 saturated carbocycles. The van der Waals surface area contributed by atoms with Crippen molar-refractivity contribution in [2.75, 3.05) is 11.5 Å². The third-order valence-electron chi connectivity index (χ3n) is 4.47. The van der Waals surface area contributed by atoms with Gasteiger partial charge in [-0.05, 0) is 48.7 Å². The third-order valence-corrected chi connectivity index (χ3v) is 5.70. The van der Waals surface area contributed by atoms with E-state index in [0.717, 1.165) is 24.4 Å². The Morgan fingerprint density at radius 3 is 2.89 bits per heavy atom. The number of fused-ring (bicyclic) bond motifs is 1. The first-order valence-corrected chi connectivity index (χ1v) is 8.42. The molecule has 3 heteroatoms. The lowest BCUT2D eigenvalue weighted by molar-refractivity contribution is 0.0909. The number of aryl methyl sites for hydroxylation is 1. The van der Waals surface area contributed by atoms with Crippen molar-refractivity contribution in [3.8, 4) is 0 Å². The number of hydrogen-bond acceptors (Lipinski definition) is 2. The molecule has 2 aliphatic rings. The molecule has 0 radical (unpaired) electrons. The molecule has 1 aliphatic heterocycles. The van der Waals surface area contributed by atoms with Gasteiger partial charge in [-0.25, -0.2) is 0 Å². The Hall–Kier alpha value is -0.700. The van der Waals surface area contributed by atoms with Crippen molar-refractivity contribution in [2.45, 2.75) is 46.6 Å². The molecule has 1 saturated heterocycles. The van der Waals surface area contributed by atoms with Gasteiger partial charge in [0.05, 0.1) is 0 Å². The summed E-state index contributed by atoms with van der Waals surface area (Å²) in [7, 11) is 0. The number of aromatic nitrogens is 1. The van der Waals surface area contributed by atoms with E-state index >= 15 is 0 Å². The molecule has 3 rings (SSSR count). The minimum atomic E-state index is 0.122. The van der Waals surface area contributed by atoms with Crippen molar-refractivity contribution >= 4 is 17.5 Å². The van der Waals surface area contributed by atoms with Crippen LogP contribution in [0.5, 0.6) is 0 Å². The monoisotopic (exact) mass is 277 g/mol. The van der Waals surface area contributed by atoms with Gasteiger partial charge in [-0.2, -0.15) is 11.8 Å². The minimum Gasteiger partial charge on any atom is -0.348 e. The molecule has 2 heterocycles. The Morgan fingerprint density at radius 2 is 2.21 bits per heavy atom. The summed E-state index contributed by atoms with van der Waals surface area (Å²) in [6.07, 6.45) is 3.07. The second-order valence-electron chi connectivity index (χ2n) is 6.93. The lowest BCUT2D eigenvalue weighted by Gasteiger charge is -2.30. The highest BCUT2D eigenvalue weighted by Gasteiger charge is 2.34. The number of Topliss-reactive ketones (excluding diaryl/α,β-unsaturated/α-hetero) is 1. The molecule has 1 aliphatic carbocycles. The van der Waals surface area contributed by atoms with E-state index in [2.05, 4.69) is 43.2 Å². The summed E-state index contributed by atoms with van der Waals surface area (Å²) in [6, 6.07) is 2.12. The van der Waals surface area contributed by atoms with E-state index in [1.54, 1.807) is 0 Å². The Kier molecular flexibility index (Phi) is 3.28. The molecule has 1 aromatic rings. The number of thioether (sulfide) groups is 1. The predicted molar refractivity (Wildman–Crippen MR) is 81.0 cm³/mol. The van der Waals surface area contributed by atoms with E-state index < -0.39 is 0 Å². The summed E-state index contributed by atoms with van der Waals surface area (Å²) >= 11 is 2.07. The minimum absolute atomic E-state index is 0.122. The summed E-state index contributed by atoms with van der Waals surface area (Å²) in [5.41, 5.74) is 3.70. The molecule has 2 nitrogen and oxygen atoms in total. The molecule has 19 heavy (non-hydrogen) atoms. The second kappa shape index (κ2) is 4.69. The van der Waals surface area contributed by atoms with Crippen LogP contribution in [0.15, 0.2) is 6.07 Å². The van der Waals surface area contributed by atoms with Gasteiger partial charge in [-0.1, -0.05) is 13.8 Å². The smallest absolute Gasteiger partial charge is 0.165 e. The third kappa shape index (κ3) is 2.49. The maximum absolute atomic E-state index is 12.3. The van der Waals surface area contributed by atoms with Crippen molar-refractivity contribution in [1.82, 2.24) is 4.57 Å². The molecule has 0 N–H and O–H groups in total.